The molecule has 1 aromatic carbocycles. The molecule has 0 saturated heterocycles. The Kier molecular flexibility index (Phi) is 3.96. The summed E-state index contributed by atoms with van der Waals surface area (Å²) in [6.45, 7) is 0. The molecule has 1 rings (SSSR count). The second-order valence-corrected chi connectivity index (χ2v) is 3.44. The zero-order chi connectivity index (χ0) is 13.0. The zero-order valence-electron chi connectivity index (χ0n) is 9.43. The van der Waals surface area contributed by atoms with Crippen molar-refractivity contribution in [2.75, 3.05) is 19.5 Å². The van der Waals surface area contributed by atoms with Crippen molar-refractivity contribution < 1.29 is 9.72 Å². The topological polar surface area (TPSA) is 114 Å². The van der Waals surface area contributed by atoms with Crippen LogP contribution in [0.2, 0.25) is 0 Å². The van der Waals surface area contributed by atoms with E-state index in [0.717, 1.165) is 0 Å². The van der Waals surface area contributed by atoms with Gasteiger partial charge in [0.05, 0.1) is 4.92 Å². The summed E-state index contributed by atoms with van der Waals surface area (Å²) in [4.78, 5) is 22.0. The smallest absolute Gasteiger partial charge is 0.306 e. The molecule has 8 nitrogen and oxygen atoms in total. The lowest BCUT2D eigenvalue weighted by atomic mass is 10.1. The van der Waals surface area contributed by atoms with Crippen LogP contribution in [0.1, 0.15) is 10.4 Å². The maximum atomic E-state index is 11.7. The third kappa shape index (κ3) is 2.89. The fourth-order valence-electron chi connectivity index (χ4n) is 1.30. The van der Waals surface area contributed by atoms with Gasteiger partial charge < -0.3 is 5.43 Å². The lowest BCUT2D eigenvalue weighted by molar-refractivity contribution is -0.384. The maximum Gasteiger partial charge on any atom is 0.306 e. The van der Waals surface area contributed by atoms with Crippen molar-refractivity contribution in [3.8, 4) is 0 Å². The Morgan fingerprint density at radius 2 is 2.12 bits per heavy atom. The van der Waals surface area contributed by atoms with E-state index in [2.05, 4.69) is 10.9 Å². The number of nitrogen functional groups attached to an aromatic ring is 1. The number of nitro groups is 1. The molecular formula is C9H13N5O3. The Morgan fingerprint density at radius 3 is 2.59 bits per heavy atom. The molecule has 92 valence electrons. The minimum Gasteiger partial charge on any atom is -0.318 e. The van der Waals surface area contributed by atoms with Crippen molar-refractivity contribution >= 4 is 17.3 Å². The number of benzene rings is 1. The number of nitrogens with two attached hydrogens (primary N) is 1. The SMILES string of the molecule is CN(C)NC(=O)c1cccc(NN)c1[N+](=O)[O-]. The number of nitrogens with one attached hydrogen (secondary N) is 2. The number of nitrogens with zero attached hydrogens (tertiary/aromatic N) is 2. The summed E-state index contributed by atoms with van der Waals surface area (Å²) >= 11 is 0. The van der Waals surface area contributed by atoms with Gasteiger partial charge in [-0.25, -0.2) is 5.01 Å². The molecule has 0 saturated carbocycles. The number of carbonyl (C=O) groups is 1. The van der Waals surface area contributed by atoms with Gasteiger partial charge in [-0.05, 0) is 12.1 Å². The summed E-state index contributed by atoms with van der Waals surface area (Å²) in [5, 5.41) is 12.3. The molecule has 1 amide bonds. The van der Waals surface area contributed by atoms with Crippen molar-refractivity contribution in [3.63, 3.8) is 0 Å². The molecule has 4 N–H and O–H groups in total. The number of para-hydroxylation sites is 1. The Hall–Kier alpha value is -2.19. The van der Waals surface area contributed by atoms with Gasteiger partial charge in [-0.15, -0.1) is 0 Å². The van der Waals surface area contributed by atoms with Gasteiger partial charge in [-0.2, -0.15) is 0 Å². The largest absolute Gasteiger partial charge is 0.318 e. The van der Waals surface area contributed by atoms with Crippen LogP contribution in [-0.4, -0.2) is 29.9 Å². The fraction of sp³-hybridized carbons (Fsp3) is 0.222. The Morgan fingerprint density at radius 1 is 1.47 bits per heavy atom. The van der Waals surface area contributed by atoms with Crippen LogP contribution in [0.25, 0.3) is 0 Å². The Bertz CT molecular complexity index is 446. The van der Waals surface area contributed by atoms with Crippen molar-refractivity contribution in [2.24, 2.45) is 5.84 Å². The first-order valence-corrected chi connectivity index (χ1v) is 4.69. The molecule has 0 aliphatic carbocycles. The van der Waals surface area contributed by atoms with Crippen LogP contribution in [-0.2, 0) is 0 Å². The van der Waals surface area contributed by atoms with Crippen molar-refractivity contribution in [3.05, 3.63) is 33.9 Å². The van der Waals surface area contributed by atoms with Crippen LogP contribution in [0.4, 0.5) is 11.4 Å². The normalized spacial score (nSPS) is 10.1. The van der Waals surface area contributed by atoms with E-state index in [0.29, 0.717) is 0 Å². The summed E-state index contributed by atoms with van der Waals surface area (Å²) in [6, 6.07) is 4.29. The number of rotatable bonds is 4. The number of carbonyl (C=O) groups excluding carboxylic acids is 1. The van der Waals surface area contributed by atoms with Gasteiger partial charge in [0, 0.05) is 14.1 Å². The Labute approximate surface area is 97.5 Å². The number of nitro benzene ring substituents is 1. The average Bonchev–Trinajstić information content (AvgIpc) is 2.26. The fourth-order valence-corrected chi connectivity index (χ4v) is 1.30. The molecule has 0 aromatic heterocycles. The number of hydrazine groups is 2. The van der Waals surface area contributed by atoms with Gasteiger partial charge in [-0.1, -0.05) is 6.07 Å². The number of anilines is 1. The van der Waals surface area contributed by atoms with Crippen LogP contribution in [0.15, 0.2) is 18.2 Å². The van der Waals surface area contributed by atoms with Gasteiger partial charge in [0.15, 0.2) is 0 Å². The molecule has 1 aromatic rings. The van der Waals surface area contributed by atoms with E-state index in [9.17, 15) is 14.9 Å². The van der Waals surface area contributed by atoms with Gasteiger partial charge in [0.25, 0.3) is 5.91 Å². The van der Waals surface area contributed by atoms with Crippen molar-refractivity contribution in [1.82, 2.24) is 10.4 Å². The minimum absolute atomic E-state index is 0.0563. The van der Waals surface area contributed by atoms with Crippen LogP contribution in [0.5, 0.6) is 0 Å². The highest BCUT2D eigenvalue weighted by Gasteiger charge is 2.24. The molecule has 8 heteroatoms. The van der Waals surface area contributed by atoms with Gasteiger partial charge >= 0.3 is 5.69 Å². The average molecular weight is 239 g/mol. The quantitative estimate of drug-likeness (QED) is 0.389. The second kappa shape index (κ2) is 5.23. The standard InChI is InChI=1S/C9H13N5O3/c1-13(2)12-9(15)6-4-3-5-7(11-10)8(6)14(16)17/h3-5,11H,10H2,1-2H3,(H,12,15). The molecule has 0 radical (unpaired) electrons. The second-order valence-electron chi connectivity index (χ2n) is 3.44. The summed E-state index contributed by atoms with van der Waals surface area (Å²) < 4.78 is 0. The third-order valence-corrected chi connectivity index (χ3v) is 1.94. The van der Waals surface area contributed by atoms with Crippen LogP contribution >= 0.6 is 0 Å². The highest BCUT2D eigenvalue weighted by Crippen LogP contribution is 2.27. The highest BCUT2D eigenvalue weighted by molar-refractivity contribution is 6.00. The number of hydrogen-bond acceptors (Lipinski definition) is 6. The van der Waals surface area contributed by atoms with E-state index < -0.39 is 10.8 Å². The molecule has 0 spiro atoms. The first-order valence-electron chi connectivity index (χ1n) is 4.69. The molecular weight excluding hydrogens is 226 g/mol. The van der Waals surface area contributed by atoms with Crippen LogP contribution in [0, 0.1) is 10.1 Å². The predicted octanol–water partition coefficient (Wildman–Crippen LogP) is 0.0868. The van der Waals surface area contributed by atoms with Gasteiger partial charge in [0.2, 0.25) is 0 Å². The summed E-state index contributed by atoms with van der Waals surface area (Å²) in [5.74, 6) is 4.59. The summed E-state index contributed by atoms with van der Waals surface area (Å²) in [5.41, 5.74) is 4.29. The van der Waals surface area contributed by atoms with E-state index in [4.69, 9.17) is 5.84 Å². The predicted molar refractivity (Wildman–Crippen MR) is 62.1 cm³/mol. The van der Waals surface area contributed by atoms with E-state index in [1.807, 2.05) is 0 Å². The van der Waals surface area contributed by atoms with E-state index in [1.165, 1.54) is 23.2 Å². The molecule has 0 heterocycles. The molecule has 0 aliphatic rings. The molecule has 0 bridgehead atoms. The van der Waals surface area contributed by atoms with E-state index in [-0.39, 0.29) is 16.9 Å². The molecule has 0 unspecified atom stereocenters. The van der Waals surface area contributed by atoms with Crippen LogP contribution in [0.3, 0.4) is 0 Å². The first-order chi connectivity index (χ1) is 7.97. The van der Waals surface area contributed by atoms with Crippen molar-refractivity contribution in [1.29, 1.82) is 0 Å². The van der Waals surface area contributed by atoms with E-state index in [1.54, 1.807) is 14.1 Å². The molecule has 0 atom stereocenters. The first kappa shape index (κ1) is 12.9. The molecule has 0 aliphatic heterocycles. The van der Waals surface area contributed by atoms with Gasteiger partial charge in [0.1, 0.15) is 11.3 Å². The molecule has 0 fully saturated rings. The molecule has 17 heavy (non-hydrogen) atoms. The number of hydrogen-bond donors (Lipinski definition) is 3. The van der Waals surface area contributed by atoms with E-state index >= 15 is 0 Å². The highest BCUT2D eigenvalue weighted by atomic mass is 16.6. The lowest BCUT2D eigenvalue weighted by Crippen LogP contribution is -2.36. The third-order valence-electron chi connectivity index (χ3n) is 1.94. The lowest BCUT2D eigenvalue weighted by Gasteiger charge is -2.12. The van der Waals surface area contributed by atoms with Gasteiger partial charge in [-0.3, -0.25) is 26.2 Å². The van der Waals surface area contributed by atoms with Crippen LogP contribution < -0.4 is 16.7 Å². The monoisotopic (exact) mass is 239 g/mol. The Balaban J connectivity index is 3.23. The summed E-state index contributed by atoms with van der Waals surface area (Å²) in [6.07, 6.45) is 0. The van der Waals surface area contributed by atoms with Crippen molar-refractivity contribution in [2.45, 2.75) is 0 Å². The zero-order valence-corrected chi connectivity index (χ0v) is 9.43. The summed E-state index contributed by atoms with van der Waals surface area (Å²) in [7, 11) is 3.21. The maximum absolute atomic E-state index is 11.7. The number of amides is 1. The minimum atomic E-state index is -0.653.